The van der Waals surface area contributed by atoms with E-state index < -0.39 is 10.4 Å². The maximum absolute atomic E-state index is 8.52. The zero-order chi connectivity index (χ0) is 4.50. The van der Waals surface area contributed by atoms with Crippen molar-refractivity contribution < 1.29 is 65.0 Å². The van der Waals surface area contributed by atoms with Crippen LogP contribution >= 0.6 is 0 Å². The van der Waals surface area contributed by atoms with Gasteiger partial charge in [-0.2, -0.15) is 0 Å². The average Bonchev–Trinajstić information content (AvgIpc) is 0.722. The SMILES string of the molecule is O=S(=O)([O-])[O-].[Al].[Cl-].[NH4+].[Na+].[OH-]. The molecule has 10 heavy (non-hydrogen) atoms. The van der Waals surface area contributed by atoms with Gasteiger partial charge in [0.1, 0.15) is 0 Å². The maximum atomic E-state index is 8.52. The Hall–Kier alpha value is 1.61. The minimum absolute atomic E-state index is 0. The van der Waals surface area contributed by atoms with E-state index in [0.29, 0.717) is 0 Å². The molecule has 0 aliphatic rings. The minimum Gasteiger partial charge on any atom is -1.00 e. The minimum atomic E-state index is -5.17. The molecule has 10 heteroatoms. The smallest absolute Gasteiger partial charge is 1.00 e. The van der Waals surface area contributed by atoms with Gasteiger partial charge >= 0.3 is 29.6 Å². The molecule has 3 radical (unpaired) electrons. The summed E-state index contributed by atoms with van der Waals surface area (Å²) in [5.41, 5.74) is 0. The Balaban J connectivity index is -0.00000000800. The Labute approximate surface area is 98.1 Å². The van der Waals surface area contributed by atoms with Gasteiger partial charge in [0.25, 0.3) is 0 Å². The molecular formula is H5AlClNNaO5S-2. The molecule has 5 N–H and O–H groups in total. The summed E-state index contributed by atoms with van der Waals surface area (Å²) in [5.74, 6) is 0. The van der Waals surface area contributed by atoms with Gasteiger partial charge in [0, 0.05) is 27.8 Å². The van der Waals surface area contributed by atoms with Crippen LogP contribution in [0.15, 0.2) is 0 Å². The van der Waals surface area contributed by atoms with Crippen molar-refractivity contribution in [1.29, 1.82) is 0 Å². The number of halogens is 1. The molecule has 6 nitrogen and oxygen atoms in total. The molecule has 0 rings (SSSR count). The molecule has 0 bridgehead atoms. The summed E-state index contributed by atoms with van der Waals surface area (Å²) in [6.07, 6.45) is 0. The predicted octanol–water partition coefficient (Wildman–Crippen LogP) is -7.51. The first kappa shape index (κ1) is 41.5. The fourth-order valence-corrected chi connectivity index (χ4v) is 0. The van der Waals surface area contributed by atoms with Crippen molar-refractivity contribution in [3.8, 4) is 0 Å². The van der Waals surface area contributed by atoms with Crippen molar-refractivity contribution in [2.45, 2.75) is 0 Å². The van der Waals surface area contributed by atoms with Gasteiger partial charge in [-0.05, 0) is 0 Å². The predicted molar refractivity (Wildman–Crippen MR) is 24.1 cm³/mol. The summed E-state index contributed by atoms with van der Waals surface area (Å²) < 4.78 is 34.1. The molecule has 0 spiro atoms. The van der Waals surface area contributed by atoms with Crippen LogP contribution in [0.2, 0.25) is 0 Å². The third-order valence-electron chi connectivity index (χ3n) is 0. The Morgan fingerprint density at radius 2 is 1.10 bits per heavy atom. The molecule has 0 saturated heterocycles. The first-order valence-electron chi connectivity index (χ1n) is 0.667. The maximum Gasteiger partial charge on any atom is 1.00 e. The molecule has 0 aliphatic heterocycles. The summed E-state index contributed by atoms with van der Waals surface area (Å²) in [6.45, 7) is 0. The molecule has 59 valence electrons. The molecule has 0 aromatic carbocycles. The van der Waals surface area contributed by atoms with E-state index in [1.165, 1.54) is 0 Å². The molecule has 0 heterocycles. The van der Waals surface area contributed by atoms with Crippen LogP contribution in [0.4, 0.5) is 0 Å². The third-order valence-corrected chi connectivity index (χ3v) is 0. The second-order valence-electron chi connectivity index (χ2n) is 0.408. The second-order valence-corrected chi connectivity index (χ2v) is 1.22. The summed E-state index contributed by atoms with van der Waals surface area (Å²) in [5, 5.41) is 0. The average molecular weight is 217 g/mol. The van der Waals surface area contributed by atoms with Crippen molar-refractivity contribution in [3.63, 3.8) is 0 Å². The normalized spacial score (nSPS) is 5.80. The van der Waals surface area contributed by atoms with Gasteiger partial charge in [0.2, 0.25) is 0 Å². The van der Waals surface area contributed by atoms with Crippen LogP contribution in [0.1, 0.15) is 0 Å². The molecule has 0 atom stereocenters. The van der Waals surface area contributed by atoms with Crippen LogP contribution in [0.3, 0.4) is 0 Å². The first-order chi connectivity index (χ1) is 2.00. The molecule has 0 saturated carbocycles. The topological polar surface area (TPSA) is 147 Å². The Morgan fingerprint density at radius 3 is 1.10 bits per heavy atom. The second kappa shape index (κ2) is 16.9. The van der Waals surface area contributed by atoms with Gasteiger partial charge in [-0.3, -0.25) is 8.42 Å². The van der Waals surface area contributed by atoms with Crippen LogP contribution in [-0.2, 0) is 10.4 Å². The molecule has 0 amide bonds. The summed E-state index contributed by atoms with van der Waals surface area (Å²) in [4.78, 5) is 0. The van der Waals surface area contributed by atoms with E-state index in [4.69, 9.17) is 17.5 Å². The molecule has 0 unspecified atom stereocenters. The summed E-state index contributed by atoms with van der Waals surface area (Å²) >= 11 is 0. The van der Waals surface area contributed by atoms with E-state index in [1.54, 1.807) is 0 Å². The summed E-state index contributed by atoms with van der Waals surface area (Å²) in [7, 11) is -5.17. The Kier molecular flexibility index (Phi) is 70.3. The zero-order valence-electron chi connectivity index (χ0n) is 5.44. The Morgan fingerprint density at radius 1 is 1.10 bits per heavy atom. The van der Waals surface area contributed by atoms with Crippen LogP contribution in [0.25, 0.3) is 0 Å². The van der Waals surface area contributed by atoms with Crippen molar-refractivity contribution in [2.75, 3.05) is 0 Å². The monoisotopic (exact) mass is 216 g/mol. The standard InChI is InChI=1S/Al.ClH.H3N.Na.H2O4S.H2O/c;;;;1-5(2,3)4;/h;1H;1H3;;(H2,1,2,3,4);1H2/q;;;+1;;/p-3. The molecule has 0 aliphatic carbocycles. The van der Waals surface area contributed by atoms with Crippen LogP contribution in [0.5, 0.6) is 0 Å². The quantitative estimate of drug-likeness (QED) is 0.243. The van der Waals surface area contributed by atoms with Gasteiger partial charge in [0.05, 0.1) is 0 Å². The van der Waals surface area contributed by atoms with E-state index in [2.05, 4.69) is 0 Å². The number of rotatable bonds is 0. The molecule has 0 aromatic heterocycles. The molecule has 0 aromatic rings. The van der Waals surface area contributed by atoms with Crippen molar-refractivity contribution in [1.82, 2.24) is 6.15 Å². The van der Waals surface area contributed by atoms with Gasteiger partial charge in [-0.1, -0.05) is 0 Å². The number of quaternary nitrogens is 1. The van der Waals surface area contributed by atoms with Crippen LogP contribution < -0.4 is 48.1 Å². The van der Waals surface area contributed by atoms with Gasteiger partial charge in [-0.15, -0.1) is 0 Å². The Bertz CT molecular complexity index is 105. The number of hydrogen-bond donors (Lipinski definition) is 1. The van der Waals surface area contributed by atoms with E-state index >= 15 is 0 Å². The fraction of sp³-hybridized carbons (Fsp3) is 0. The number of hydrogen-bond acceptors (Lipinski definition) is 5. The van der Waals surface area contributed by atoms with E-state index in [1.807, 2.05) is 0 Å². The van der Waals surface area contributed by atoms with Crippen LogP contribution in [-0.4, -0.2) is 40.4 Å². The third kappa shape index (κ3) is 274. The van der Waals surface area contributed by atoms with E-state index in [9.17, 15) is 0 Å². The van der Waals surface area contributed by atoms with E-state index in [0.717, 1.165) is 0 Å². The molecular weight excluding hydrogens is 211 g/mol. The zero-order valence-corrected chi connectivity index (χ0v) is 10.2. The van der Waals surface area contributed by atoms with Crippen molar-refractivity contribution in [2.24, 2.45) is 0 Å². The van der Waals surface area contributed by atoms with Gasteiger partial charge in [-0.25, -0.2) is 0 Å². The summed E-state index contributed by atoms with van der Waals surface area (Å²) in [6, 6.07) is 0. The van der Waals surface area contributed by atoms with Gasteiger partial charge < -0.3 is 33.1 Å². The first-order valence-corrected chi connectivity index (χ1v) is 2.00. The van der Waals surface area contributed by atoms with Crippen LogP contribution in [0, 0.1) is 0 Å². The van der Waals surface area contributed by atoms with Crippen molar-refractivity contribution >= 4 is 27.8 Å². The van der Waals surface area contributed by atoms with Gasteiger partial charge in [0.15, 0.2) is 0 Å². The molecule has 0 fully saturated rings. The van der Waals surface area contributed by atoms with E-state index in [-0.39, 0.29) is 71.0 Å². The van der Waals surface area contributed by atoms with Crippen molar-refractivity contribution in [3.05, 3.63) is 0 Å². The fourth-order valence-electron chi connectivity index (χ4n) is 0. The largest absolute Gasteiger partial charge is 1.00 e.